The van der Waals surface area contributed by atoms with E-state index in [-0.39, 0.29) is 0 Å². The normalized spacial score (nSPS) is 13.0. The Labute approximate surface area is 94.8 Å². The van der Waals surface area contributed by atoms with Crippen molar-refractivity contribution in [3.8, 4) is 0 Å². The standard InChI is InChI=1S/C15H13N/c1-3-7-12-11-13-9-5-6-10-15(13)16-14(12)8-4-2/h3-11H,1-2H2/b12-7-,14-8+. The second-order valence-electron chi connectivity index (χ2n) is 3.46. The van der Waals surface area contributed by atoms with Crippen LogP contribution in [0, 0.1) is 0 Å². The topological polar surface area (TPSA) is 12.9 Å². The van der Waals surface area contributed by atoms with Crippen molar-refractivity contribution < 1.29 is 0 Å². The second-order valence-corrected chi connectivity index (χ2v) is 3.46. The molecule has 1 heterocycles. The zero-order valence-corrected chi connectivity index (χ0v) is 9.06. The molecule has 78 valence electrons. The van der Waals surface area contributed by atoms with Crippen LogP contribution in [0.15, 0.2) is 55.6 Å². The molecule has 1 nitrogen and oxygen atoms in total. The molecule has 1 aromatic heterocycles. The zero-order valence-electron chi connectivity index (χ0n) is 9.06. The summed E-state index contributed by atoms with van der Waals surface area (Å²) in [6.45, 7) is 7.42. The average molecular weight is 207 g/mol. The molecule has 16 heavy (non-hydrogen) atoms. The zero-order chi connectivity index (χ0) is 11.4. The van der Waals surface area contributed by atoms with E-state index < -0.39 is 0 Å². The minimum atomic E-state index is 0.925. The first kappa shape index (κ1) is 10.4. The smallest absolute Gasteiger partial charge is 0.0709 e. The molecule has 0 radical (unpaired) electrons. The third-order valence-corrected chi connectivity index (χ3v) is 2.36. The SMILES string of the molecule is C=C/C=c1/cc2ccccc2n/c1=C/C=C. The van der Waals surface area contributed by atoms with Gasteiger partial charge in [0.25, 0.3) is 0 Å². The molecule has 1 aromatic carbocycles. The lowest BCUT2D eigenvalue weighted by molar-refractivity contribution is 1.29. The molecule has 0 aliphatic rings. The maximum atomic E-state index is 4.58. The average Bonchev–Trinajstić information content (AvgIpc) is 2.30. The van der Waals surface area contributed by atoms with Crippen molar-refractivity contribution in [1.29, 1.82) is 0 Å². The van der Waals surface area contributed by atoms with Crippen molar-refractivity contribution in [3.05, 3.63) is 66.2 Å². The van der Waals surface area contributed by atoms with Crippen LogP contribution in [0.4, 0.5) is 0 Å². The van der Waals surface area contributed by atoms with Gasteiger partial charge in [-0.15, -0.1) is 0 Å². The summed E-state index contributed by atoms with van der Waals surface area (Å²) in [4.78, 5) is 4.58. The van der Waals surface area contributed by atoms with Crippen LogP contribution in [0.1, 0.15) is 0 Å². The number of benzene rings is 1. The van der Waals surface area contributed by atoms with Crippen molar-refractivity contribution in [3.63, 3.8) is 0 Å². The number of aromatic nitrogens is 1. The fourth-order valence-corrected chi connectivity index (χ4v) is 1.65. The van der Waals surface area contributed by atoms with Crippen LogP contribution in [0.5, 0.6) is 0 Å². The summed E-state index contributed by atoms with van der Waals surface area (Å²) in [6, 6.07) is 10.2. The van der Waals surface area contributed by atoms with Crippen LogP contribution in [-0.2, 0) is 0 Å². The van der Waals surface area contributed by atoms with Gasteiger partial charge in [0.1, 0.15) is 0 Å². The van der Waals surface area contributed by atoms with E-state index in [0.29, 0.717) is 0 Å². The Kier molecular flexibility index (Phi) is 2.97. The van der Waals surface area contributed by atoms with Gasteiger partial charge in [-0.05, 0) is 18.2 Å². The molecule has 2 aromatic rings. The van der Waals surface area contributed by atoms with E-state index in [1.54, 1.807) is 12.2 Å². The van der Waals surface area contributed by atoms with Gasteiger partial charge in [-0.3, -0.25) is 0 Å². The fraction of sp³-hybridized carbons (Fsp3) is 0. The van der Waals surface area contributed by atoms with Gasteiger partial charge in [0, 0.05) is 10.6 Å². The van der Waals surface area contributed by atoms with Crippen molar-refractivity contribution in [2.45, 2.75) is 0 Å². The highest BCUT2D eigenvalue weighted by molar-refractivity contribution is 5.78. The van der Waals surface area contributed by atoms with E-state index in [1.807, 2.05) is 30.4 Å². The maximum Gasteiger partial charge on any atom is 0.0709 e. The molecular weight excluding hydrogens is 194 g/mol. The van der Waals surface area contributed by atoms with Crippen molar-refractivity contribution >= 4 is 23.1 Å². The van der Waals surface area contributed by atoms with Gasteiger partial charge in [0.05, 0.1) is 10.9 Å². The van der Waals surface area contributed by atoms with Gasteiger partial charge in [0.15, 0.2) is 0 Å². The number of hydrogen-bond acceptors (Lipinski definition) is 1. The van der Waals surface area contributed by atoms with Gasteiger partial charge in [-0.1, -0.05) is 49.6 Å². The molecule has 0 aliphatic carbocycles. The van der Waals surface area contributed by atoms with Gasteiger partial charge in [0.2, 0.25) is 0 Å². The van der Waals surface area contributed by atoms with E-state index in [4.69, 9.17) is 0 Å². The molecule has 0 fully saturated rings. The monoisotopic (exact) mass is 207 g/mol. The number of rotatable bonds is 2. The predicted octanol–water partition coefficient (Wildman–Crippen LogP) is 2.17. The molecule has 0 aliphatic heterocycles. The van der Waals surface area contributed by atoms with Gasteiger partial charge >= 0.3 is 0 Å². The molecule has 2 rings (SSSR count). The van der Waals surface area contributed by atoms with E-state index >= 15 is 0 Å². The van der Waals surface area contributed by atoms with Crippen LogP contribution < -0.4 is 10.6 Å². The predicted molar refractivity (Wildman–Crippen MR) is 70.3 cm³/mol. The summed E-state index contributed by atoms with van der Waals surface area (Å²) in [5, 5.41) is 3.12. The number of fused-ring (bicyclic) bond motifs is 1. The Morgan fingerprint density at radius 2 is 1.75 bits per heavy atom. The Balaban J connectivity index is 2.92. The highest BCUT2D eigenvalue weighted by Crippen LogP contribution is 2.05. The quantitative estimate of drug-likeness (QED) is 0.735. The molecule has 1 heteroatoms. The first-order chi connectivity index (χ1) is 7.85. The Morgan fingerprint density at radius 3 is 2.50 bits per heavy atom. The molecule has 0 N–H and O–H groups in total. The van der Waals surface area contributed by atoms with Gasteiger partial charge in [-0.25, -0.2) is 4.98 Å². The summed E-state index contributed by atoms with van der Waals surface area (Å²) in [5.41, 5.74) is 0.997. The molecule has 0 bridgehead atoms. The molecular formula is C15H13N. The minimum absolute atomic E-state index is 0.925. The highest BCUT2D eigenvalue weighted by atomic mass is 14.7. The fourth-order valence-electron chi connectivity index (χ4n) is 1.65. The number of hydrogen-bond donors (Lipinski definition) is 0. The van der Waals surface area contributed by atoms with Gasteiger partial charge < -0.3 is 0 Å². The Hall–Kier alpha value is -2.15. The molecule has 0 atom stereocenters. The van der Waals surface area contributed by atoms with Gasteiger partial charge in [-0.2, -0.15) is 0 Å². The first-order valence-electron chi connectivity index (χ1n) is 5.16. The van der Waals surface area contributed by atoms with Crippen LogP contribution >= 0.6 is 0 Å². The summed E-state index contributed by atoms with van der Waals surface area (Å²) in [5.74, 6) is 0. The molecule has 0 amide bonds. The lowest BCUT2D eigenvalue weighted by atomic mass is 10.2. The summed E-state index contributed by atoms with van der Waals surface area (Å²) in [7, 11) is 0. The van der Waals surface area contributed by atoms with Crippen LogP contribution in [0.2, 0.25) is 0 Å². The summed E-state index contributed by atoms with van der Waals surface area (Å²) >= 11 is 0. The third kappa shape index (κ3) is 1.94. The van der Waals surface area contributed by atoms with Crippen molar-refractivity contribution in [2.24, 2.45) is 0 Å². The molecule has 0 saturated carbocycles. The van der Waals surface area contributed by atoms with Crippen molar-refractivity contribution in [1.82, 2.24) is 4.98 Å². The first-order valence-corrected chi connectivity index (χ1v) is 5.16. The van der Waals surface area contributed by atoms with Crippen molar-refractivity contribution in [2.75, 3.05) is 0 Å². The summed E-state index contributed by atoms with van der Waals surface area (Å²) < 4.78 is 0. The molecule has 0 unspecified atom stereocenters. The van der Waals surface area contributed by atoms with E-state index in [2.05, 4.69) is 30.3 Å². The Morgan fingerprint density at radius 1 is 1.00 bits per heavy atom. The largest absolute Gasteiger partial charge is 0.248 e. The second kappa shape index (κ2) is 4.58. The highest BCUT2D eigenvalue weighted by Gasteiger charge is 1.93. The minimum Gasteiger partial charge on any atom is -0.248 e. The van der Waals surface area contributed by atoms with E-state index in [9.17, 15) is 0 Å². The lowest BCUT2D eigenvalue weighted by Gasteiger charge is -1.96. The third-order valence-electron chi connectivity index (χ3n) is 2.36. The number of pyridine rings is 1. The van der Waals surface area contributed by atoms with E-state index in [0.717, 1.165) is 21.5 Å². The number of para-hydroxylation sites is 1. The summed E-state index contributed by atoms with van der Waals surface area (Å²) in [6.07, 6.45) is 7.38. The van der Waals surface area contributed by atoms with Crippen LogP contribution in [-0.4, -0.2) is 4.98 Å². The van der Waals surface area contributed by atoms with Crippen LogP contribution in [0.25, 0.3) is 23.1 Å². The maximum absolute atomic E-state index is 4.58. The molecule has 0 spiro atoms. The Bertz CT molecular complexity index is 592. The van der Waals surface area contributed by atoms with E-state index in [1.165, 1.54) is 0 Å². The number of allylic oxidation sites excluding steroid dienone is 2. The molecule has 0 saturated heterocycles. The lowest BCUT2D eigenvalue weighted by Crippen LogP contribution is -2.27. The van der Waals surface area contributed by atoms with Crippen LogP contribution in [0.3, 0.4) is 0 Å². The number of nitrogens with zero attached hydrogens (tertiary/aromatic N) is 1.